The lowest BCUT2D eigenvalue weighted by Crippen LogP contribution is -2.13. The molecular formula is C11H15NO2. The Hall–Kier alpha value is -1.22. The average Bonchev–Trinajstić information content (AvgIpc) is 2.91. The van der Waals surface area contributed by atoms with E-state index >= 15 is 0 Å². The Kier molecular flexibility index (Phi) is 2.11. The summed E-state index contributed by atoms with van der Waals surface area (Å²) in [6.07, 6.45) is 2.99. The topological polar surface area (TPSA) is 66.5 Å². The first kappa shape index (κ1) is 9.34. The third-order valence-electron chi connectivity index (χ3n) is 3.06. The van der Waals surface area contributed by atoms with Gasteiger partial charge in [-0.1, -0.05) is 12.1 Å². The van der Waals surface area contributed by atoms with Gasteiger partial charge in [0.2, 0.25) is 0 Å². The summed E-state index contributed by atoms with van der Waals surface area (Å²) < 4.78 is 0. The van der Waals surface area contributed by atoms with Crippen molar-refractivity contribution in [3.05, 3.63) is 23.8 Å². The Morgan fingerprint density at radius 2 is 2.00 bits per heavy atom. The van der Waals surface area contributed by atoms with E-state index in [-0.39, 0.29) is 16.9 Å². The molecule has 0 spiro atoms. The normalized spacial score (nSPS) is 18.1. The summed E-state index contributed by atoms with van der Waals surface area (Å²) in [5.41, 5.74) is 6.43. The van der Waals surface area contributed by atoms with Crippen molar-refractivity contribution in [2.75, 3.05) is 6.54 Å². The first-order chi connectivity index (χ1) is 6.69. The summed E-state index contributed by atoms with van der Waals surface area (Å²) in [5, 5.41) is 19.1. The Balaban J connectivity index is 2.37. The Labute approximate surface area is 83.2 Å². The van der Waals surface area contributed by atoms with Gasteiger partial charge in [0, 0.05) is 11.0 Å². The molecule has 0 atom stereocenters. The minimum absolute atomic E-state index is 0.0263. The van der Waals surface area contributed by atoms with Crippen molar-refractivity contribution < 1.29 is 10.2 Å². The Morgan fingerprint density at radius 1 is 1.29 bits per heavy atom. The number of phenolic OH excluding ortho intramolecular Hbond substituents is 2. The maximum Gasteiger partial charge on any atom is 0.161 e. The molecule has 0 heterocycles. The highest BCUT2D eigenvalue weighted by molar-refractivity contribution is 5.50. The van der Waals surface area contributed by atoms with Gasteiger partial charge in [-0.15, -0.1) is 0 Å². The van der Waals surface area contributed by atoms with Crippen molar-refractivity contribution >= 4 is 0 Å². The number of rotatable bonds is 3. The average molecular weight is 193 g/mol. The summed E-state index contributed by atoms with van der Waals surface area (Å²) in [4.78, 5) is 0. The van der Waals surface area contributed by atoms with Crippen LogP contribution < -0.4 is 5.73 Å². The fourth-order valence-electron chi connectivity index (χ4n) is 2.04. The molecular weight excluding hydrogens is 178 g/mol. The van der Waals surface area contributed by atoms with Crippen molar-refractivity contribution in [3.8, 4) is 11.5 Å². The quantitative estimate of drug-likeness (QED) is 0.637. The second kappa shape index (κ2) is 3.17. The van der Waals surface area contributed by atoms with Crippen LogP contribution in [-0.2, 0) is 5.41 Å². The van der Waals surface area contributed by atoms with E-state index in [1.54, 1.807) is 6.07 Å². The van der Waals surface area contributed by atoms with Crippen molar-refractivity contribution in [2.24, 2.45) is 5.73 Å². The highest BCUT2D eigenvalue weighted by Gasteiger charge is 2.45. The number of benzene rings is 1. The van der Waals surface area contributed by atoms with Gasteiger partial charge in [0.1, 0.15) is 0 Å². The molecule has 0 aromatic heterocycles. The van der Waals surface area contributed by atoms with Crippen LogP contribution in [0.4, 0.5) is 0 Å². The van der Waals surface area contributed by atoms with Crippen LogP contribution in [-0.4, -0.2) is 16.8 Å². The maximum absolute atomic E-state index is 9.71. The van der Waals surface area contributed by atoms with E-state index < -0.39 is 0 Å². The van der Waals surface area contributed by atoms with Crippen LogP contribution in [0.5, 0.6) is 11.5 Å². The summed E-state index contributed by atoms with van der Waals surface area (Å²) in [5.74, 6) is -0.00996. The van der Waals surface area contributed by atoms with E-state index in [4.69, 9.17) is 5.73 Å². The van der Waals surface area contributed by atoms with Gasteiger partial charge in [-0.05, 0) is 31.9 Å². The van der Waals surface area contributed by atoms with Gasteiger partial charge in [-0.25, -0.2) is 0 Å². The Morgan fingerprint density at radius 3 is 2.57 bits per heavy atom. The van der Waals surface area contributed by atoms with Gasteiger partial charge >= 0.3 is 0 Å². The molecule has 1 aliphatic carbocycles. The van der Waals surface area contributed by atoms with Gasteiger partial charge in [0.05, 0.1) is 0 Å². The fraction of sp³-hybridized carbons (Fsp3) is 0.455. The largest absolute Gasteiger partial charge is 0.504 e. The molecule has 1 aliphatic rings. The molecule has 0 saturated heterocycles. The number of phenols is 2. The molecule has 4 N–H and O–H groups in total. The minimum atomic E-state index is -0.0363. The van der Waals surface area contributed by atoms with Crippen molar-refractivity contribution in [1.29, 1.82) is 0 Å². The van der Waals surface area contributed by atoms with Crippen LogP contribution in [0.15, 0.2) is 18.2 Å². The standard InChI is InChI=1S/C11H15NO2/c12-7-6-11(4-5-11)8-2-1-3-9(13)10(8)14/h1-3,13-14H,4-7,12H2. The zero-order valence-corrected chi connectivity index (χ0v) is 8.03. The first-order valence-corrected chi connectivity index (χ1v) is 4.91. The van der Waals surface area contributed by atoms with E-state index in [1.807, 2.05) is 6.07 Å². The molecule has 1 saturated carbocycles. The Bertz CT molecular complexity index is 345. The number of hydrogen-bond acceptors (Lipinski definition) is 3. The van der Waals surface area contributed by atoms with Crippen LogP contribution >= 0.6 is 0 Å². The summed E-state index contributed by atoms with van der Waals surface area (Å²) >= 11 is 0. The zero-order valence-electron chi connectivity index (χ0n) is 8.03. The monoisotopic (exact) mass is 193 g/mol. The lowest BCUT2D eigenvalue weighted by Gasteiger charge is -2.16. The molecule has 2 rings (SSSR count). The maximum atomic E-state index is 9.71. The molecule has 0 amide bonds. The van der Waals surface area contributed by atoms with Crippen LogP contribution in [0.25, 0.3) is 0 Å². The molecule has 1 aromatic carbocycles. The molecule has 0 unspecified atom stereocenters. The number of nitrogens with two attached hydrogens (primary N) is 1. The van der Waals surface area contributed by atoms with Gasteiger partial charge in [-0.2, -0.15) is 0 Å². The summed E-state index contributed by atoms with van der Waals surface area (Å²) in [6.45, 7) is 0.620. The summed E-state index contributed by atoms with van der Waals surface area (Å²) in [6, 6.07) is 5.13. The van der Waals surface area contributed by atoms with Crippen LogP contribution in [0.3, 0.4) is 0 Å². The van der Waals surface area contributed by atoms with Gasteiger partial charge in [0.25, 0.3) is 0 Å². The molecule has 14 heavy (non-hydrogen) atoms. The van der Waals surface area contributed by atoms with Crippen LogP contribution in [0.1, 0.15) is 24.8 Å². The zero-order chi connectivity index (χ0) is 10.2. The molecule has 1 aromatic rings. The van der Waals surface area contributed by atoms with E-state index in [1.165, 1.54) is 6.07 Å². The third-order valence-corrected chi connectivity index (χ3v) is 3.06. The SMILES string of the molecule is NCCC1(c2cccc(O)c2O)CC1. The third kappa shape index (κ3) is 1.34. The summed E-state index contributed by atoms with van der Waals surface area (Å²) in [7, 11) is 0. The molecule has 3 nitrogen and oxygen atoms in total. The molecule has 1 fully saturated rings. The predicted molar refractivity (Wildman–Crippen MR) is 54.4 cm³/mol. The van der Waals surface area contributed by atoms with E-state index in [0.717, 1.165) is 24.8 Å². The van der Waals surface area contributed by atoms with E-state index in [0.29, 0.717) is 6.54 Å². The van der Waals surface area contributed by atoms with Crippen molar-refractivity contribution in [3.63, 3.8) is 0 Å². The highest BCUT2D eigenvalue weighted by atomic mass is 16.3. The fourth-order valence-corrected chi connectivity index (χ4v) is 2.04. The number of aromatic hydroxyl groups is 2. The molecule has 0 radical (unpaired) electrons. The van der Waals surface area contributed by atoms with E-state index in [9.17, 15) is 10.2 Å². The number of para-hydroxylation sites is 1. The lowest BCUT2D eigenvalue weighted by atomic mass is 9.91. The molecule has 76 valence electrons. The predicted octanol–water partition coefficient (Wildman–Crippen LogP) is 1.48. The van der Waals surface area contributed by atoms with Crippen LogP contribution in [0.2, 0.25) is 0 Å². The van der Waals surface area contributed by atoms with Crippen molar-refractivity contribution in [1.82, 2.24) is 0 Å². The smallest absolute Gasteiger partial charge is 0.161 e. The van der Waals surface area contributed by atoms with Gasteiger partial charge in [0.15, 0.2) is 11.5 Å². The van der Waals surface area contributed by atoms with Gasteiger partial charge < -0.3 is 15.9 Å². The molecule has 0 bridgehead atoms. The highest BCUT2D eigenvalue weighted by Crippen LogP contribution is 2.54. The van der Waals surface area contributed by atoms with E-state index in [2.05, 4.69) is 0 Å². The van der Waals surface area contributed by atoms with Crippen molar-refractivity contribution in [2.45, 2.75) is 24.7 Å². The second-order valence-corrected chi connectivity index (χ2v) is 3.99. The minimum Gasteiger partial charge on any atom is -0.504 e. The first-order valence-electron chi connectivity index (χ1n) is 4.91. The number of hydrogen-bond donors (Lipinski definition) is 3. The van der Waals surface area contributed by atoms with Gasteiger partial charge in [-0.3, -0.25) is 0 Å². The molecule has 3 heteroatoms. The van der Waals surface area contributed by atoms with Crippen LogP contribution in [0, 0.1) is 0 Å². The molecule has 0 aliphatic heterocycles. The lowest BCUT2D eigenvalue weighted by molar-refractivity contribution is 0.393. The second-order valence-electron chi connectivity index (χ2n) is 3.99.